The highest BCUT2D eigenvalue weighted by molar-refractivity contribution is 5.72. The van der Waals surface area contributed by atoms with Gasteiger partial charge in [-0.25, -0.2) is 0 Å². The number of ether oxygens (including phenoxy) is 1. The van der Waals surface area contributed by atoms with E-state index in [0.717, 1.165) is 19.3 Å². The fourth-order valence-electron chi connectivity index (χ4n) is 1.12. The van der Waals surface area contributed by atoms with Gasteiger partial charge in [0.2, 0.25) is 0 Å². The lowest BCUT2D eigenvalue weighted by Crippen LogP contribution is -2.14. The molecule has 0 aromatic carbocycles. The van der Waals surface area contributed by atoms with Crippen molar-refractivity contribution in [3.8, 4) is 0 Å². The minimum atomic E-state index is -0.0815. The fourth-order valence-corrected chi connectivity index (χ4v) is 1.12. The maximum absolute atomic E-state index is 11.1. The number of esters is 1. The van der Waals surface area contributed by atoms with Crippen LogP contribution in [-0.4, -0.2) is 13.1 Å². The molecule has 0 amide bonds. The number of rotatable bonds is 5. The first-order valence-electron chi connectivity index (χ1n) is 4.45. The molecule has 0 saturated heterocycles. The molecule has 2 nitrogen and oxygen atoms in total. The number of carbonyl (C=O) groups excluding carboxylic acids is 1. The van der Waals surface area contributed by atoms with Crippen molar-refractivity contribution in [3.05, 3.63) is 12.2 Å². The molecule has 12 heavy (non-hydrogen) atoms. The van der Waals surface area contributed by atoms with Crippen LogP contribution in [0.4, 0.5) is 0 Å². The zero-order valence-electron chi connectivity index (χ0n) is 8.17. The fraction of sp³-hybridized carbons (Fsp3) is 0.700. The van der Waals surface area contributed by atoms with Crippen LogP contribution in [-0.2, 0) is 9.53 Å². The molecule has 0 N–H and O–H groups in total. The van der Waals surface area contributed by atoms with Crippen LogP contribution in [0, 0.1) is 5.92 Å². The number of hydrogen-bond donors (Lipinski definition) is 0. The summed E-state index contributed by atoms with van der Waals surface area (Å²) in [6, 6.07) is 0. The van der Waals surface area contributed by atoms with E-state index in [9.17, 15) is 4.79 Å². The molecule has 0 heterocycles. The smallest absolute Gasteiger partial charge is 0.308 e. The monoisotopic (exact) mass is 170 g/mol. The molecule has 0 rings (SSSR count). The zero-order valence-corrected chi connectivity index (χ0v) is 8.17. The third-order valence-electron chi connectivity index (χ3n) is 1.94. The molecular weight excluding hydrogens is 152 g/mol. The van der Waals surface area contributed by atoms with Crippen molar-refractivity contribution in [1.29, 1.82) is 0 Å². The first kappa shape index (κ1) is 11.2. The Morgan fingerprint density at radius 3 is 2.67 bits per heavy atom. The lowest BCUT2D eigenvalue weighted by molar-refractivity contribution is -0.145. The van der Waals surface area contributed by atoms with E-state index >= 15 is 0 Å². The van der Waals surface area contributed by atoms with Crippen molar-refractivity contribution >= 4 is 5.97 Å². The molecule has 1 atom stereocenters. The van der Waals surface area contributed by atoms with Gasteiger partial charge in [-0.1, -0.05) is 19.1 Å². The SMILES string of the molecule is CC=CCCC(CC)C(=O)OC. The predicted octanol–water partition coefficient (Wildman–Crippen LogP) is 2.54. The summed E-state index contributed by atoms with van der Waals surface area (Å²) in [4.78, 5) is 11.1. The van der Waals surface area contributed by atoms with Gasteiger partial charge in [-0.05, 0) is 26.2 Å². The van der Waals surface area contributed by atoms with Crippen LogP contribution in [0.15, 0.2) is 12.2 Å². The first-order valence-corrected chi connectivity index (χ1v) is 4.45. The van der Waals surface area contributed by atoms with Gasteiger partial charge in [-0.15, -0.1) is 0 Å². The van der Waals surface area contributed by atoms with Crippen LogP contribution in [0.2, 0.25) is 0 Å². The predicted molar refractivity (Wildman–Crippen MR) is 49.8 cm³/mol. The van der Waals surface area contributed by atoms with Crippen molar-refractivity contribution in [3.63, 3.8) is 0 Å². The van der Waals surface area contributed by atoms with Crippen molar-refractivity contribution in [2.45, 2.75) is 33.1 Å². The second-order valence-corrected chi connectivity index (χ2v) is 2.77. The molecule has 0 aliphatic carbocycles. The summed E-state index contributed by atoms with van der Waals surface area (Å²) in [5.74, 6) is -0.00629. The molecule has 0 saturated carbocycles. The lowest BCUT2D eigenvalue weighted by Gasteiger charge is -2.09. The van der Waals surface area contributed by atoms with E-state index in [1.54, 1.807) is 0 Å². The van der Waals surface area contributed by atoms with Crippen LogP contribution in [0.1, 0.15) is 33.1 Å². The molecule has 1 unspecified atom stereocenters. The van der Waals surface area contributed by atoms with Crippen LogP contribution in [0.5, 0.6) is 0 Å². The molecule has 0 aliphatic rings. The van der Waals surface area contributed by atoms with E-state index in [2.05, 4.69) is 10.8 Å². The Bertz CT molecular complexity index is 150. The van der Waals surface area contributed by atoms with Crippen LogP contribution in [0.3, 0.4) is 0 Å². The van der Waals surface area contributed by atoms with E-state index < -0.39 is 0 Å². The molecule has 0 radical (unpaired) electrons. The number of hydrogen-bond acceptors (Lipinski definition) is 2. The summed E-state index contributed by atoms with van der Waals surface area (Å²) in [6.45, 7) is 4.00. The van der Waals surface area contributed by atoms with E-state index in [1.165, 1.54) is 7.11 Å². The maximum atomic E-state index is 11.1. The zero-order chi connectivity index (χ0) is 9.40. The topological polar surface area (TPSA) is 26.3 Å². The number of methoxy groups -OCH3 is 1. The molecule has 2 heteroatoms. The van der Waals surface area contributed by atoms with E-state index in [1.807, 2.05) is 19.9 Å². The highest BCUT2D eigenvalue weighted by Gasteiger charge is 2.14. The van der Waals surface area contributed by atoms with Crippen LogP contribution >= 0.6 is 0 Å². The van der Waals surface area contributed by atoms with E-state index in [4.69, 9.17) is 0 Å². The summed E-state index contributed by atoms with van der Waals surface area (Å²) in [7, 11) is 1.45. The van der Waals surface area contributed by atoms with Crippen molar-refractivity contribution in [1.82, 2.24) is 0 Å². The van der Waals surface area contributed by atoms with Crippen LogP contribution in [0.25, 0.3) is 0 Å². The lowest BCUT2D eigenvalue weighted by atomic mass is 10.0. The van der Waals surface area contributed by atoms with Gasteiger partial charge in [0.25, 0.3) is 0 Å². The third-order valence-corrected chi connectivity index (χ3v) is 1.94. The first-order chi connectivity index (χ1) is 5.76. The number of allylic oxidation sites excluding steroid dienone is 2. The van der Waals surface area contributed by atoms with Gasteiger partial charge in [0.05, 0.1) is 13.0 Å². The Balaban J connectivity index is 3.74. The quantitative estimate of drug-likeness (QED) is 0.468. The molecule has 0 aromatic rings. The van der Waals surface area contributed by atoms with Gasteiger partial charge < -0.3 is 4.74 Å². The third kappa shape index (κ3) is 4.16. The van der Waals surface area contributed by atoms with Gasteiger partial charge >= 0.3 is 5.97 Å². The summed E-state index contributed by atoms with van der Waals surface area (Å²) < 4.78 is 4.67. The molecule has 0 bridgehead atoms. The summed E-state index contributed by atoms with van der Waals surface area (Å²) in [5.41, 5.74) is 0. The van der Waals surface area contributed by atoms with E-state index in [-0.39, 0.29) is 11.9 Å². The molecular formula is C10H18O2. The summed E-state index contributed by atoms with van der Waals surface area (Å²) in [6.07, 6.45) is 6.80. The normalized spacial score (nSPS) is 13.2. The van der Waals surface area contributed by atoms with E-state index in [0.29, 0.717) is 0 Å². The van der Waals surface area contributed by atoms with Crippen molar-refractivity contribution in [2.75, 3.05) is 7.11 Å². The van der Waals surface area contributed by atoms with Crippen LogP contribution < -0.4 is 0 Å². The largest absolute Gasteiger partial charge is 0.469 e. The minimum Gasteiger partial charge on any atom is -0.469 e. The Labute approximate surface area is 74.6 Å². The molecule has 70 valence electrons. The van der Waals surface area contributed by atoms with Crippen molar-refractivity contribution < 1.29 is 9.53 Å². The maximum Gasteiger partial charge on any atom is 0.308 e. The average molecular weight is 170 g/mol. The highest BCUT2D eigenvalue weighted by Crippen LogP contribution is 2.12. The Kier molecular flexibility index (Phi) is 6.44. The highest BCUT2D eigenvalue weighted by atomic mass is 16.5. The summed E-state index contributed by atoms with van der Waals surface area (Å²) in [5, 5.41) is 0. The minimum absolute atomic E-state index is 0.0752. The number of carbonyl (C=O) groups is 1. The molecule has 0 aliphatic heterocycles. The van der Waals surface area contributed by atoms with Gasteiger partial charge in [0.1, 0.15) is 0 Å². The Hall–Kier alpha value is -0.790. The average Bonchev–Trinajstić information content (AvgIpc) is 2.11. The van der Waals surface area contributed by atoms with Gasteiger partial charge in [-0.2, -0.15) is 0 Å². The Morgan fingerprint density at radius 1 is 1.58 bits per heavy atom. The Morgan fingerprint density at radius 2 is 2.25 bits per heavy atom. The van der Waals surface area contributed by atoms with Gasteiger partial charge in [-0.3, -0.25) is 4.79 Å². The molecule has 0 aromatic heterocycles. The van der Waals surface area contributed by atoms with Gasteiger partial charge in [0, 0.05) is 0 Å². The second-order valence-electron chi connectivity index (χ2n) is 2.77. The van der Waals surface area contributed by atoms with Gasteiger partial charge in [0.15, 0.2) is 0 Å². The summed E-state index contributed by atoms with van der Waals surface area (Å²) >= 11 is 0. The second kappa shape index (κ2) is 6.89. The molecule has 0 fully saturated rings. The standard InChI is InChI=1S/C10H18O2/c1-4-6-7-8-9(5-2)10(11)12-3/h4,6,9H,5,7-8H2,1-3H3. The molecule has 0 spiro atoms. The van der Waals surface area contributed by atoms with Crippen molar-refractivity contribution in [2.24, 2.45) is 5.92 Å².